The second-order valence-corrected chi connectivity index (χ2v) is 5.48. The minimum Gasteiger partial charge on any atom is -0.489 e. The average molecular weight is 330 g/mol. The lowest BCUT2D eigenvalue weighted by atomic mass is 10.2. The molecule has 1 aliphatic rings. The van der Waals surface area contributed by atoms with Crippen molar-refractivity contribution in [3.05, 3.63) is 59.1 Å². The topological polar surface area (TPSA) is 47.6 Å². The first-order chi connectivity index (χ1) is 11.2. The summed E-state index contributed by atoms with van der Waals surface area (Å²) in [5.74, 6) is 0.965. The van der Waals surface area contributed by atoms with Crippen molar-refractivity contribution in [3.8, 4) is 11.5 Å². The number of carbonyl (C=O) groups excluding carboxylic acids is 1. The van der Waals surface area contributed by atoms with Gasteiger partial charge in [0.25, 0.3) is 0 Å². The van der Waals surface area contributed by atoms with Gasteiger partial charge in [-0.3, -0.25) is 4.79 Å². The summed E-state index contributed by atoms with van der Waals surface area (Å²) < 4.78 is 11.2. The minimum atomic E-state index is -0.209. The number of para-hydroxylation sites is 1. The van der Waals surface area contributed by atoms with Crippen LogP contribution in [0, 0.1) is 0 Å². The Morgan fingerprint density at radius 1 is 1.13 bits per heavy atom. The van der Waals surface area contributed by atoms with Gasteiger partial charge in [-0.2, -0.15) is 0 Å². The van der Waals surface area contributed by atoms with Gasteiger partial charge in [0.2, 0.25) is 5.91 Å². The van der Waals surface area contributed by atoms with E-state index in [0.717, 1.165) is 17.7 Å². The summed E-state index contributed by atoms with van der Waals surface area (Å²) in [6.07, 6.45) is 3.97. The third-order valence-electron chi connectivity index (χ3n) is 3.29. The zero-order valence-electron chi connectivity index (χ0n) is 12.4. The van der Waals surface area contributed by atoms with E-state index in [0.29, 0.717) is 29.7 Å². The summed E-state index contributed by atoms with van der Waals surface area (Å²) in [6, 6.07) is 12.9. The minimum absolute atomic E-state index is 0.209. The Balaban J connectivity index is 1.73. The van der Waals surface area contributed by atoms with Crippen molar-refractivity contribution in [1.29, 1.82) is 0 Å². The second-order valence-electron chi connectivity index (χ2n) is 5.07. The van der Waals surface area contributed by atoms with Crippen LogP contribution in [0.25, 0.3) is 6.08 Å². The van der Waals surface area contributed by atoms with Crippen molar-refractivity contribution in [2.75, 3.05) is 18.5 Å². The molecule has 0 saturated carbocycles. The molecule has 0 fully saturated rings. The number of hydrogen-bond acceptors (Lipinski definition) is 3. The van der Waals surface area contributed by atoms with Crippen LogP contribution in [0.2, 0.25) is 5.02 Å². The first-order valence-electron chi connectivity index (χ1n) is 7.35. The van der Waals surface area contributed by atoms with Crippen LogP contribution >= 0.6 is 11.6 Å². The summed E-state index contributed by atoms with van der Waals surface area (Å²) >= 11 is 6.23. The van der Waals surface area contributed by atoms with Crippen molar-refractivity contribution >= 4 is 29.3 Å². The van der Waals surface area contributed by atoms with Crippen LogP contribution in [0.5, 0.6) is 11.5 Å². The molecule has 3 rings (SSSR count). The molecule has 2 aromatic carbocycles. The van der Waals surface area contributed by atoms with Crippen molar-refractivity contribution in [1.82, 2.24) is 0 Å². The molecule has 1 heterocycles. The highest BCUT2D eigenvalue weighted by molar-refractivity contribution is 6.32. The number of nitrogens with one attached hydrogen (secondary N) is 1. The maximum atomic E-state index is 11.9. The van der Waals surface area contributed by atoms with E-state index in [9.17, 15) is 4.79 Å². The van der Waals surface area contributed by atoms with Gasteiger partial charge in [0, 0.05) is 18.2 Å². The third-order valence-corrected chi connectivity index (χ3v) is 3.57. The Hall–Kier alpha value is -2.46. The van der Waals surface area contributed by atoms with Crippen LogP contribution < -0.4 is 14.8 Å². The number of fused-ring (bicyclic) bond motifs is 1. The average Bonchev–Trinajstić information content (AvgIpc) is 2.80. The smallest absolute Gasteiger partial charge is 0.248 e. The number of rotatable bonds is 3. The number of halogens is 1. The Morgan fingerprint density at radius 2 is 1.91 bits per heavy atom. The molecule has 1 amide bonds. The van der Waals surface area contributed by atoms with Crippen molar-refractivity contribution in [2.24, 2.45) is 0 Å². The number of benzene rings is 2. The van der Waals surface area contributed by atoms with E-state index in [1.165, 1.54) is 6.08 Å². The van der Waals surface area contributed by atoms with E-state index in [1.807, 2.05) is 36.4 Å². The molecule has 23 heavy (non-hydrogen) atoms. The van der Waals surface area contributed by atoms with Gasteiger partial charge in [0.1, 0.15) is 0 Å². The maximum absolute atomic E-state index is 11.9. The van der Waals surface area contributed by atoms with E-state index in [1.54, 1.807) is 12.1 Å². The van der Waals surface area contributed by atoms with Crippen LogP contribution in [0.3, 0.4) is 0 Å². The summed E-state index contributed by atoms with van der Waals surface area (Å²) in [4.78, 5) is 11.9. The molecule has 118 valence electrons. The van der Waals surface area contributed by atoms with Crippen molar-refractivity contribution in [3.63, 3.8) is 0 Å². The molecule has 0 unspecified atom stereocenters. The van der Waals surface area contributed by atoms with Gasteiger partial charge in [-0.1, -0.05) is 29.8 Å². The molecule has 0 aromatic heterocycles. The zero-order valence-corrected chi connectivity index (χ0v) is 13.2. The van der Waals surface area contributed by atoms with E-state index in [2.05, 4.69) is 5.32 Å². The zero-order chi connectivity index (χ0) is 16.1. The maximum Gasteiger partial charge on any atom is 0.248 e. The molecule has 1 aliphatic heterocycles. The van der Waals surface area contributed by atoms with Crippen LogP contribution in [-0.4, -0.2) is 19.1 Å². The number of anilines is 1. The lowest BCUT2D eigenvalue weighted by molar-refractivity contribution is -0.111. The highest BCUT2D eigenvalue weighted by Crippen LogP contribution is 2.38. The standard InChI is InChI=1S/C18H16ClNO3/c19-15-11-13(12-16-18(15)23-10-4-9-22-16)7-8-17(21)20-14-5-2-1-3-6-14/h1-3,5-8,11-12H,4,9-10H2,(H,20,21)/b8-7+. The molecular weight excluding hydrogens is 314 g/mol. The lowest BCUT2D eigenvalue weighted by Gasteiger charge is -2.10. The van der Waals surface area contributed by atoms with Crippen molar-refractivity contribution < 1.29 is 14.3 Å². The number of carbonyl (C=O) groups is 1. The Kier molecular flexibility index (Phi) is 4.83. The first kappa shape index (κ1) is 15.4. The van der Waals surface area contributed by atoms with Crippen molar-refractivity contribution in [2.45, 2.75) is 6.42 Å². The molecular formula is C18H16ClNO3. The fraction of sp³-hybridized carbons (Fsp3) is 0.167. The first-order valence-corrected chi connectivity index (χ1v) is 7.73. The fourth-order valence-corrected chi connectivity index (χ4v) is 2.50. The van der Waals surface area contributed by atoms with Crippen LogP contribution in [0.4, 0.5) is 5.69 Å². The molecule has 4 nitrogen and oxygen atoms in total. The molecule has 5 heteroatoms. The summed E-state index contributed by atoms with van der Waals surface area (Å²) in [5, 5.41) is 3.26. The summed E-state index contributed by atoms with van der Waals surface area (Å²) in [7, 11) is 0. The predicted molar refractivity (Wildman–Crippen MR) is 91.2 cm³/mol. The molecule has 0 bridgehead atoms. The van der Waals surface area contributed by atoms with Gasteiger partial charge < -0.3 is 14.8 Å². The fourth-order valence-electron chi connectivity index (χ4n) is 2.22. The molecule has 0 spiro atoms. The largest absolute Gasteiger partial charge is 0.489 e. The Labute approximate surface area is 139 Å². The number of amides is 1. The van der Waals surface area contributed by atoms with Gasteiger partial charge in [-0.15, -0.1) is 0 Å². The predicted octanol–water partition coefficient (Wildman–Crippen LogP) is 4.15. The van der Waals surface area contributed by atoms with E-state index in [4.69, 9.17) is 21.1 Å². The number of ether oxygens (including phenoxy) is 2. The molecule has 0 atom stereocenters. The van der Waals surface area contributed by atoms with Gasteiger partial charge in [0.15, 0.2) is 11.5 Å². The van der Waals surface area contributed by atoms with Gasteiger partial charge in [-0.25, -0.2) is 0 Å². The Bertz CT molecular complexity index is 729. The van der Waals surface area contributed by atoms with E-state index < -0.39 is 0 Å². The normalized spacial score (nSPS) is 13.6. The SMILES string of the molecule is O=C(/C=C/c1cc(Cl)c2c(c1)OCCCO2)Nc1ccccc1. The second kappa shape index (κ2) is 7.20. The highest BCUT2D eigenvalue weighted by Gasteiger charge is 2.14. The van der Waals surface area contributed by atoms with E-state index >= 15 is 0 Å². The van der Waals surface area contributed by atoms with Gasteiger partial charge in [0.05, 0.1) is 18.2 Å². The summed E-state index contributed by atoms with van der Waals surface area (Å²) in [5.41, 5.74) is 1.53. The molecule has 2 aromatic rings. The summed E-state index contributed by atoms with van der Waals surface area (Å²) in [6.45, 7) is 1.17. The molecule has 1 N–H and O–H groups in total. The van der Waals surface area contributed by atoms with Gasteiger partial charge in [-0.05, 0) is 35.9 Å². The van der Waals surface area contributed by atoms with Gasteiger partial charge >= 0.3 is 0 Å². The molecule has 0 aliphatic carbocycles. The monoisotopic (exact) mass is 329 g/mol. The van der Waals surface area contributed by atoms with Crippen LogP contribution in [0.15, 0.2) is 48.5 Å². The molecule has 0 radical (unpaired) electrons. The van der Waals surface area contributed by atoms with Crippen LogP contribution in [0.1, 0.15) is 12.0 Å². The van der Waals surface area contributed by atoms with Crippen LogP contribution in [-0.2, 0) is 4.79 Å². The third kappa shape index (κ3) is 4.05. The lowest BCUT2D eigenvalue weighted by Crippen LogP contribution is -2.07. The highest BCUT2D eigenvalue weighted by atomic mass is 35.5. The Morgan fingerprint density at radius 3 is 2.74 bits per heavy atom. The number of hydrogen-bond donors (Lipinski definition) is 1. The molecule has 0 saturated heterocycles. The quantitative estimate of drug-likeness (QED) is 0.860. The van der Waals surface area contributed by atoms with E-state index in [-0.39, 0.29) is 5.91 Å².